The van der Waals surface area contributed by atoms with E-state index in [4.69, 9.17) is 5.11 Å². The van der Waals surface area contributed by atoms with Gasteiger partial charge in [-0.1, -0.05) is 13.8 Å². The molecule has 0 aliphatic heterocycles. The van der Waals surface area contributed by atoms with E-state index >= 15 is 0 Å². The summed E-state index contributed by atoms with van der Waals surface area (Å²) in [5.41, 5.74) is 1.99. The fraction of sp³-hybridized carbons (Fsp3) is 0.500. The van der Waals surface area contributed by atoms with Gasteiger partial charge in [-0.25, -0.2) is 4.98 Å². The van der Waals surface area contributed by atoms with Crippen molar-refractivity contribution in [2.24, 2.45) is 13.0 Å². The number of carbonyl (C=O) groups excluding carboxylic acids is 1. The maximum absolute atomic E-state index is 12.7. The smallest absolute Gasteiger partial charge is 0.305 e. The third-order valence-electron chi connectivity index (χ3n) is 3.58. The molecule has 0 aliphatic rings. The fourth-order valence-electron chi connectivity index (χ4n) is 2.55. The van der Waals surface area contributed by atoms with Crippen LogP contribution >= 0.6 is 0 Å². The molecular weight excluding hydrogens is 296 g/mol. The summed E-state index contributed by atoms with van der Waals surface area (Å²) in [5.74, 6) is -0.856. The molecule has 0 aliphatic carbocycles. The summed E-state index contributed by atoms with van der Waals surface area (Å²) in [4.78, 5) is 29.4. The first-order chi connectivity index (χ1) is 10.8. The average Bonchev–Trinajstić information content (AvgIpc) is 2.76. The van der Waals surface area contributed by atoms with Crippen molar-refractivity contribution in [3.63, 3.8) is 0 Å². The number of fused-ring (bicyclic) bond motifs is 1. The van der Waals surface area contributed by atoms with Crippen molar-refractivity contribution in [3.8, 4) is 0 Å². The van der Waals surface area contributed by atoms with Gasteiger partial charge in [0.2, 0.25) is 0 Å². The third-order valence-corrected chi connectivity index (χ3v) is 3.58. The van der Waals surface area contributed by atoms with E-state index in [2.05, 4.69) is 10.1 Å². The molecule has 2 aromatic heterocycles. The maximum atomic E-state index is 12.7. The Bertz CT molecular complexity index is 736. The molecule has 0 bridgehead atoms. The first kappa shape index (κ1) is 16.9. The molecule has 0 unspecified atom stereocenters. The van der Waals surface area contributed by atoms with Gasteiger partial charge in [0.05, 0.1) is 17.7 Å². The molecule has 7 heteroatoms. The van der Waals surface area contributed by atoms with Gasteiger partial charge in [-0.3, -0.25) is 14.3 Å². The number of pyridine rings is 1. The fourth-order valence-corrected chi connectivity index (χ4v) is 2.55. The van der Waals surface area contributed by atoms with Gasteiger partial charge in [-0.2, -0.15) is 5.10 Å². The highest BCUT2D eigenvalue weighted by atomic mass is 16.4. The second-order valence-corrected chi connectivity index (χ2v) is 6.09. The molecule has 2 heterocycles. The summed E-state index contributed by atoms with van der Waals surface area (Å²) in [5, 5.41) is 14.0. The van der Waals surface area contributed by atoms with Crippen molar-refractivity contribution in [3.05, 3.63) is 23.5 Å². The summed E-state index contributed by atoms with van der Waals surface area (Å²) in [6.07, 6.45) is 1.46. The number of nitrogens with zero attached hydrogens (tertiary/aromatic N) is 4. The Hall–Kier alpha value is -2.44. The van der Waals surface area contributed by atoms with Gasteiger partial charge in [0.15, 0.2) is 5.65 Å². The molecule has 23 heavy (non-hydrogen) atoms. The molecule has 0 atom stereocenters. The number of aliphatic carboxylic acids is 1. The number of carboxylic acids is 1. The second-order valence-electron chi connectivity index (χ2n) is 6.09. The van der Waals surface area contributed by atoms with Crippen LogP contribution in [0, 0.1) is 12.8 Å². The van der Waals surface area contributed by atoms with Crippen molar-refractivity contribution in [2.75, 3.05) is 13.1 Å². The predicted octanol–water partition coefficient (Wildman–Crippen LogP) is 1.85. The number of aryl methyl sites for hydroxylation is 2. The molecule has 1 N–H and O–H groups in total. The Morgan fingerprint density at radius 2 is 2.09 bits per heavy atom. The average molecular weight is 318 g/mol. The number of hydrogen-bond donors (Lipinski definition) is 1. The third kappa shape index (κ3) is 3.85. The lowest BCUT2D eigenvalue weighted by Crippen LogP contribution is -2.36. The summed E-state index contributed by atoms with van der Waals surface area (Å²) in [7, 11) is 1.81. The summed E-state index contributed by atoms with van der Waals surface area (Å²) in [6, 6.07) is 1.78. The van der Waals surface area contributed by atoms with Crippen LogP contribution in [0.25, 0.3) is 11.0 Å². The number of amides is 1. The van der Waals surface area contributed by atoms with Gasteiger partial charge in [-0.05, 0) is 18.9 Å². The van der Waals surface area contributed by atoms with E-state index in [0.717, 1.165) is 16.7 Å². The van der Waals surface area contributed by atoms with E-state index in [1.165, 1.54) is 6.20 Å². The van der Waals surface area contributed by atoms with E-state index < -0.39 is 5.97 Å². The maximum Gasteiger partial charge on any atom is 0.305 e. The van der Waals surface area contributed by atoms with Crippen LogP contribution in [0.3, 0.4) is 0 Å². The number of rotatable bonds is 6. The molecule has 124 valence electrons. The number of hydrogen-bond acceptors (Lipinski definition) is 4. The minimum Gasteiger partial charge on any atom is -0.481 e. The van der Waals surface area contributed by atoms with Crippen molar-refractivity contribution in [1.29, 1.82) is 0 Å². The molecule has 0 radical (unpaired) electrons. The topological polar surface area (TPSA) is 88.3 Å². The Labute approximate surface area is 134 Å². The van der Waals surface area contributed by atoms with Gasteiger partial charge in [0, 0.05) is 31.7 Å². The molecule has 2 rings (SSSR count). The van der Waals surface area contributed by atoms with Crippen LogP contribution in [0.1, 0.15) is 36.3 Å². The van der Waals surface area contributed by atoms with Crippen LogP contribution in [0.4, 0.5) is 0 Å². The minimum absolute atomic E-state index is 0.0694. The lowest BCUT2D eigenvalue weighted by atomic mass is 10.1. The highest BCUT2D eigenvalue weighted by Gasteiger charge is 2.19. The molecular formula is C16H22N4O3. The monoisotopic (exact) mass is 318 g/mol. The molecule has 0 aromatic carbocycles. The minimum atomic E-state index is -0.914. The molecule has 0 fully saturated rings. The number of aromatic nitrogens is 3. The summed E-state index contributed by atoms with van der Waals surface area (Å²) in [6.45, 7) is 6.56. The number of carbonyl (C=O) groups is 2. The van der Waals surface area contributed by atoms with Crippen molar-refractivity contribution in [1.82, 2.24) is 19.7 Å². The predicted molar refractivity (Wildman–Crippen MR) is 86.2 cm³/mol. The quantitative estimate of drug-likeness (QED) is 0.878. The lowest BCUT2D eigenvalue weighted by molar-refractivity contribution is -0.137. The summed E-state index contributed by atoms with van der Waals surface area (Å²) < 4.78 is 1.68. The van der Waals surface area contributed by atoms with E-state index in [-0.39, 0.29) is 24.8 Å². The number of carboxylic acid groups (broad SMARTS) is 1. The van der Waals surface area contributed by atoms with Crippen LogP contribution in [-0.4, -0.2) is 49.7 Å². The largest absolute Gasteiger partial charge is 0.481 e. The Balaban J connectivity index is 2.30. The molecule has 2 aromatic rings. The molecule has 0 spiro atoms. The second kappa shape index (κ2) is 6.76. The normalized spacial score (nSPS) is 11.2. The van der Waals surface area contributed by atoms with E-state index in [1.54, 1.807) is 15.6 Å². The first-order valence-corrected chi connectivity index (χ1v) is 7.60. The van der Waals surface area contributed by atoms with Crippen LogP contribution in [0.2, 0.25) is 0 Å². The van der Waals surface area contributed by atoms with Gasteiger partial charge in [0.25, 0.3) is 5.91 Å². The van der Waals surface area contributed by atoms with Gasteiger partial charge < -0.3 is 10.0 Å². The van der Waals surface area contributed by atoms with Crippen molar-refractivity contribution >= 4 is 22.9 Å². The highest BCUT2D eigenvalue weighted by Crippen LogP contribution is 2.18. The van der Waals surface area contributed by atoms with Gasteiger partial charge in [-0.15, -0.1) is 0 Å². The lowest BCUT2D eigenvalue weighted by Gasteiger charge is -2.24. The summed E-state index contributed by atoms with van der Waals surface area (Å²) >= 11 is 0. The van der Waals surface area contributed by atoms with Crippen LogP contribution in [-0.2, 0) is 11.8 Å². The first-order valence-electron chi connectivity index (χ1n) is 7.60. The zero-order valence-electron chi connectivity index (χ0n) is 13.9. The van der Waals surface area contributed by atoms with E-state index in [1.807, 2.05) is 27.8 Å². The van der Waals surface area contributed by atoms with Crippen LogP contribution in [0.15, 0.2) is 12.3 Å². The van der Waals surface area contributed by atoms with Crippen molar-refractivity contribution < 1.29 is 14.7 Å². The molecule has 0 saturated heterocycles. The Morgan fingerprint density at radius 1 is 1.39 bits per heavy atom. The zero-order chi connectivity index (χ0) is 17.1. The molecule has 7 nitrogen and oxygen atoms in total. The zero-order valence-corrected chi connectivity index (χ0v) is 13.9. The van der Waals surface area contributed by atoms with E-state index in [9.17, 15) is 9.59 Å². The Kier molecular flexibility index (Phi) is 4.98. The molecule has 0 saturated carbocycles. The standard InChI is InChI=1S/C16H22N4O3/c1-10(2)9-20(6-5-14(21)22)16(23)12-7-13-11(3)18-19(4)15(13)17-8-12/h7-8,10H,5-6,9H2,1-4H3,(H,21,22). The highest BCUT2D eigenvalue weighted by molar-refractivity contribution is 5.97. The van der Waals surface area contributed by atoms with Crippen molar-refractivity contribution in [2.45, 2.75) is 27.2 Å². The SMILES string of the molecule is Cc1nn(C)c2ncc(C(=O)N(CCC(=O)O)CC(C)C)cc12. The van der Waals surface area contributed by atoms with E-state index in [0.29, 0.717) is 12.1 Å². The van der Waals surface area contributed by atoms with Gasteiger partial charge >= 0.3 is 5.97 Å². The van der Waals surface area contributed by atoms with Crippen LogP contribution in [0.5, 0.6) is 0 Å². The van der Waals surface area contributed by atoms with Gasteiger partial charge in [0.1, 0.15) is 0 Å². The van der Waals surface area contributed by atoms with Crippen LogP contribution < -0.4 is 0 Å². The molecule has 1 amide bonds. The Morgan fingerprint density at radius 3 is 2.70 bits per heavy atom.